The molecule has 4 nitrogen and oxygen atoms in total. The van der Waals surface area contributed by atoms with E-state index in [-0.39, 0.29) is 0 Å². The van der Waals surface area contributed by atoms with Gasteiger partial charge in [-0.15, -0.1) is 0 Å². The number of hydrogen-bond donors (Lipinski definition) is 0. The monoisotopic (exact) mass is 246 g/mol. The first-order chi connectivity index (χ1) is 8.78. The van der Waals surface area contributed by atoms with Crippen LogP contribution in [0.5, 0.6) is 0 Å². The molecule has 0 fully saturated rings. The molecular formula is C14H22N4. The maximum Gasteiger partial charge on any atom is 0.108 e. The van der Waals surface area contributed by atoms with Crippen LogP contribution in [0.2, 0.25) is 0 Å². The van der Waals surface area contributed by atoms with E-state index in [9.17, 15) is 0 Å². The minimum atomic E-state index is 0.871. The van der Waals surface area contributed by atoms with Gasteiger partial charge in [-0.2, -0.15) is 5.10 Å². The lowest BCUT2D eigenvalue weighted by molar-refractivity contribution is 0.585. The van der Waals surface area contributed by atoms with E-state index < -0.39 is 0 Å². The first-order valence-electron chi connectivity index (χ1n) is 6.84. The number of nitrogens with zero attached hydrogens (tertiary/aromatic N) is 4. The molecule has 0 N–H and O–H groups in total. The second-order valence-electron chi connectivity index (χ2n) is 4.52. The van der Waals surface area contributed by atoms with E-state index >= 15 is 0 Å². The molecule has 2 aromatic rings. The molecule has 0 aliphatic rings. The molecule has 18 heavy (non-hydrogen) atoms. The van der Waals surface area contributed by atoms with Gasteiger partial charge in [0.15, 0.2) is 0 Å². The topological polar surface area (TPSA) is 35.6 Å². The van der Waals surface area contributed by atoms with E-state index in [4.69, 9.17) is 0 Å². The number of hydrogen-bond acceptors (Lipinski definition) is 2. The van der Waals surface area contributed by atoms with Crippen molar-refractivity contribution in [3.63, 3.8) is 0 Å². The third-order valence-corrected chi connectivity index (χ3v) is 3.18. The summed E-state index contributed by atoms with van der Waals surface area (Å²) in [6.45, 7) is 8.26. The van der Waals surface area contributed by atoms with Crippen molar-refractivity contribution < 1.29 is 0 Å². The Morgan fingerprint density at radius 1 is 1.22 bits per heavy atom. The van der Waals surface area contributed by atoms with E-state index in [1.54, 1.807) is 0 Å². The lowest BCUT2D eigenvalue weighted by Gasteiger charge is -2.08. The number of aryl methyl sites for hydroxylation is 3. The number of aromatic nitrogens is 4. The third-order valence-electron chi connectivity index (χ3n) is 3.18. The van der Waals surface area contributed by atoms with Crippen molar-refractivity contribution in [2.45, 2.75) is 53.1 Å². The van der Waals surface area contributed by atoms with Crippen LogP contribution in [0, 0.1) is 0 Å². The van der Waals surface area contributed by atoms with Crippen LogP contribution in [-0.4, -0.2) is 19.3 Å². The summed E-state index contributed by atoms with van der Waals surface area (Å²) in [5.41, 5.74) is 2.44. The molecule has 98 valence electrons. The summed E-state index contributed by atoms with van der Waals surface area (Å²) in [7, 11) is 0. The summed E-state index contributed by atoms with van der Waals surface area (Å²) in [4.78, 5) is 4.42. The van der Waals surface area contributed by atoms with Gasteiger partial charge in [0.2, 0.25) is 0 Å². The van der Waals surface area contributed by atoms with Crippen LogP contribution >= 0.6 is 0 Å². The number of imidazole rings is 1. The molecule has 0 aromatic carbocycles. The Hall–Kier alpha value is -1.58. The highest BCUT2D eigenvalue weighted by Gasteiger charge is 2.08. The SMILES string of the molecule is CCCc1nccn1Cc1cc(CC)nn1CC. The minimum absolute atomic E-state index is 0.871. The molecule has 0 bridgehead atoms. The summed E-state index contributed by atoms with van der Waals surface area (Å²) in [5, 5.41) is 4.59. The van der Waals surface area contributed by atoms with Gasteiger partial charge in [0, 0.05) is 25.4 Å². The van der Waals surface area contributed by atoms with Crippen molar-refractivity contribution in [1.29, 1.82) is 0 Å². The summed E-state index contributed by atoms with van der Waals surface area (Å²) >= 11 is 0. The van der Waals surface area contributed by atoms with Gasteiger partial charge in [0.25, 0.3) is 0 Å². The molecular weight excluding hydrogens is 224 g/mol. The zero-order valence-corrected chi connectivity index (χ0v) is 11.6. The van der Waals surface area contributed by atoms with Crippen molar-refractivity contribution >= 4 is 0 Å². The standard InChI is InChI=1S/C14H22N4/c1-4-7-14-15-8-9-17(14)11-13-10-12(5-2)16-18(13)6-3/h8-10H,4-7,11H2,1-3H3. The van der Waals surface area contributed by atoms with Gasteiger partial charge in [-0.05, 0) is 25.8 Å². The van der Waals surface area contributed by atoms with Crippen LogP contribution in [0.15, 0.2) is 18.5 Å². The fraction of sp³-hybridized carbons (Fsp3) is 0.571. The maximum absolute atomic E-state index is 4.59. The Kier molecular flexibility index (Phi) is 4.18. The normalized spacial score (nSPS) is 11.1. The van der Waals surface area contributed by atoms with E-state index in [1.807, 2.05) is 6.20 Å². The smallest absolute Gasteiger partial charge is 0.108 e. The fourth-order valence-corrected chi connectivity index (χ4v) is 2.20. The van der Waals surface area contributed by atoms with Crippen molar-refractivity contribution in [2.75, 3.05) is 0 Å². The van der Waals surface area contributed by atoms with Crippen molar-refractivity contribution in [3.05, 3.63) is 35.7 Å². The van der Waals surface area contributed by atoms with Crippen molar-refractivity contribution in [3.8, 4) is 0 Å². The van der Waals surface area contributed by atoms with Crippen molar-refractivity contribution in [1.82, 2.24) is 19.3 Å². The summed E-state index contributed by atoms with van der Waals surface area (Å²) in [5.74, 6) is 1.17. The maximum atomic E-state index is 4.59. The minimum Gasteiger partial charge on any atom is -0.329 e. The van der Waals surface area contributed by atoms with Gasteiger partial charge in [0.05, 0.1) is 17.9 Å². The second kappa shape index (κ2) is 5.85. The average Bonchev–Trinajstić information content (AvgIpc) is 2.97. The Morgan fingerprint density at radius 2 is 2.06 bits per heavy atom. The van der Waals surface area contributed by atoms with Gasteiger partial charge in [-0.1, -0.05) is 13.8 Å². The van der Waals surface area contributed by atoms with Crippen LogP contribution in [0.3, 0.4) is 0 Å². The second-order valence-corrected chi connectivity index (χ2v) is 4.52. The van der Waals surface area contributed by atoms with Crippen LogP contribution in [-0.2, 0) is 25.9 Å². The largest absolute Gasteiger partial charge is 0.329 e. The first-order valence-corrected chi connectivity index (χ1v) is 6.84. The molecule has 0 saturated heterocycles. The molecule has 0 aliphatic carbocycles. The predicted molar refractivity (Wildman–Crippen MR) is 72.6 cm³/mol. The molecule has 0 spiro atoms. The zero-order valence-electron chi connectivity index (χ0n) is 11.6. The Labute approximate surface area is 109 Å². The van der Waals surface area contributed by atoms with Gasteiger partial charge in [-0.3, -0.25) is 4.68 Å². The summed E-state index contributed by atoms with van der Waals surface area (Å²) in [6.07, 6.45) is 7.10. The molecule has 4 heteroatoms. The quantitative estimate of drug-likeness (QED) is 0.785. The summed E-state index contributed by atoms with van der Waals surface area (Å²) < 4.78 is 4.32. The van der Waals surface area contributed by atoms with Crippen LogP contribution in [0.1, 0.15) is 44.4 Å². The molecule has 2 heterocycles. The van der Waals surface area contributed by atoms with Crippen LogP contribution in [0.4, 0.5) is 0 Å². The summed E-state index contributed by atoms with van der Waals surface area (Å²) in [6, 6.07) is 2.21. The Bertz CT molecular complexity index is 496. The first kappa shape index (κ1) is 12.9. The van der Waals surface area contributed by atoms with E-state index in [1.165, 1.54) is 17.2 Å². The zero-order chi connectivity index (χ0) is 13.0. The van der Waals surface area contributed by atoms with Gasteiger partial charge >= 0.3 is 0 Å². The molecule has 0 unspecified atom stereocenters. The van der Waals surface area contributed by atoms with E-state index in [2.05, 4.69) is 52.4 Å². The lowest BCUT2D eigenvalue weighted by atomic mass is 10.3. The van der Waals surface area contributed by atoms with E-state index in [0.29, 0.717) is 0 Å². The van der Waals surface area contributed by atoms with Gasteiger partial charge in [0.1, 0.15) is 5.82 Å². The van der Waals surface area contributed by atoms with Crippen LogP contribution < -0.4 is 0 Å². The molecule has 0 amide bonds. The third kappa shape index (κ3) is 2.63. The lowest BCUT2D eigenvalue weighted by Crippen LogP contribution is -2.09. The van der Waals surface area contributed by atoms with Gasteiger partial charge in [-0.25, -0.2) is 4.98 Å². The average molecular weight is 246 g/mol. The highest BCUT2D eigenvalue weighted by atomic mass is 15.3. The molecule has 0 radical (unpaired) electrons. The predicted octanol–water partition coefficient (Wildman–Crippen LogP) is 2.66. The highest BCUT2D eigenvalue weighted by molar-refractivity contribution is 5.12. The molecule has 2 rings (SSSR count). The van der Waals surface area contributed by atoms with E-state index in [0.717, 1.165) is 32.4 Å². The van der Waals surface area contributed by atoms with Crippen molar-refractivity contribution in [2.24, 2.45) is 0 Å². The Morgan fingerprint density at radius 3 is 2.72 bits per heavy atom. The number of rotatable bonds is 6. The van der Waals surface area contributed by atoms with Gasteiger partial charge < -0.3 is 4.57 Å². The highest BCUT2D eigenvalue weighted by Crippen LogP contribution is 2.10. The molecule has 0 saturated carbocycles. The Balaban J connectivity index is 2.22. The molecule has 2 aromatic heterocycles. The molecule has 0 atom stereocenters. The van der Waals surface area contributed by atoms with Crippen LogP contribution in [0.25, 0.3) is 0 Å². The molecule has 0 aliphatic heterocycles. The fourth-order valence-electron chi connectivity index (χ4n) is 2.20.